The summed E-state index contributed by atoms with van der Waals surface area (Å²) in [6, 6.07) is 17.8. The third kappa shape index (κ3) is 3.50. The molecule has 0 saturated carbocycles. The van der Waals surface area contributed by atoms with Crippen LogP contribution in [0.25, 0.3) is 26.9 Å². The second-order valence-electron chi connectivity index (χ2n) is 6.65. The minimum Gasteiger partial charge on any atom is -0.356 e. The number of H-pyrrole nitrogens is 1. The summed E-state index contributed by atoms with van der Waals surface area (Å²) in [5.74, 6) is 0.449. The molecule has 0 amide bonds. The van der Waals surface area contributed by atoms with Crippen molar-refractivity contribution < 1.29 is 0 Å². The highest BCUT2D eigenvalue weighted by Gasteiger charge is 2.11. The summed E-state index contributed by atoms with van der Waals surface area (Å²) in [7, 11) is 0. The van der Waals surface area contributed by atoms with E-state index in [0.29, 0.717) is 23.5 Å². The largest absolute Gasteiger partial charge is 0.356 e. The Bertz CT molecular complexity index is 1300. The summed E-state index contributed by atoms with van der Waals surface area (Å²) >= 11 is 1.72. The molecule has 7 nitrogen and oxygen atoms in total. The van der Waals surface area contributed by atoms with Gasteiger partial charge >= 0.3 is 0 Å². The van der Waals surface area contributed by atoms with Crippen molar-refractivity contribution in [3.63, 3.8) is 0 Å². The molecule has 0 aliphatic rings. The normalized spacial score (nSPS) is 11.3. The molecule has 2 aromatic carbocycles. The maximum atomic E-state index is 12.4. The number of fused-ring (bicyclic) bond motifs is 2. The van der Waals surface area contributed by atoms with Gasteiger partial charge in [-0.2, -0.15) is 10.1 Å². The van der Waals surface area contributed by atoms with Crippen molar-refractivity contribution in [1.82, 2.24) is 24.7 Å². The first kappa shape index (κ1) is 17.6. The first-order valence-corrected chi connectivity index (χ1v) is 10.2. The average Bonchev–Trinajstić information content (AvgIpc) is 3.36. The van der Waals surface area contributed by atoms with Crippen molar-refractivity contribution in [2.45, 2.75) is 12.8 Å². The van der Waals surface area contributed by atoms with Crippen LogP contribution in [0, 0.1) is 0 Å². The zero-order valence-corrected chi connectivity index (χ0v) is 16.3. The predicted octanol–water partition coefficient (Wildman–Crippen LogP) is 3.76. The maximum absolute atomic E-state index is 12.4. The molecule has 0 aliphatic carbocycles. The third-order valence-electron chi connectivity index (χ3n) is 4.64. The van der Waals surface area contributed by atoms with Gasteiger partial charge in [-0.1, -0.05) is 30.3 Å². The van der Waals surface area contributed by atoms with Gasteiger partial charge in [-0.25, -0.2) is 9.67 Å². The van der Waals surface area contributed by atoms with Gasteiger partial charge in [-0.15, -0.1) is 11.3 Å². The molecule has 0 fully saturated rings. The van der Waals surface area contributed by atoms with E-state index in [-0.39, 0.29) is 5.56 Å². The molecule has 3 heterocycles. The molecule has 3 aromatic heterocycles. The number of nitrogens with zero attached hydrogens (tertiary/aromatic N) is 4. The summed E-state index contributed by atoms with van der Waals surface area (Å²) in [5.41, 5.74) is 2.24. The van der Waals surface area contributed by atoms with Crippen LogP contribution >= 0.6 is 11.3 Å². The van der Waals surface area contributed by atoms with Crippen molar-refractivity contribution in [1.29, 1.82) is 0 Å². The Morgan fingerprint density at radius 3 is 2.72 bits per heavy atom. The van der Waals surface area contributed by atoms with E-state index in [4.69, 9.17) is 0 Å². The standard InChI is InChI=1S/C21H18N6OS/c28-20-15-13-23-27(14-7-2-1-3-8-14)19(15)25-21(26-20)22-12-6-11-18-24-16-9-4-5-10-17(16)29-18/h1-5,7-10,13H,6,11-12H2,(H2,22,25,26,28). The molecule has 0 bridgehead atoms. The first-order valence-electron chi connectivity index (χ1n) is 9.40. The van der Waals surface area contributed by atoms with Crippen LogP contribution in [0.2, 0.25) is 0 Å². The predicted molar refractivity (Wildman–Crippen MR) is 116 cm³/mol. The molecular weight excluding hydrogens is 384 g/mol. The molecule has 0 atom stereocenters. The number of rotatable bonds is 6. The minimum absolute atomic E-state index is 0.203. The van der Waals surface area contributed by atoms with Crippen molar-refractivity contribution >= 4 is 38.5 Å². The van der Waals surface area contributed by atoms with E-state index >= 15 is 0 Å². The molecule has 8 heteroatoms. The summed E-state index contributed by atoms with van der Waals surface area (Å²) < 4.78 is 2.89. The van der Waals surface area contributed by atoms with Crippen LogP contribution in [0.15, 0.2) is 65.6 Å². The number of thiazole rings is 1. The molecule has 144 valence electrons. The Labute approximate surface area is 170 Å². The van der Waals surface area contributed by atoms with Crippen LogP contribution in [0.1, 0.15) is 11.4 Å². The van der Waals surface area contributed by atoms with Crippen LogP contribution in [-0.2, 0) is 6.42 Å². The molecule has 0 spiro atoms. The Kier molecular flexibility index (Phi) is 4.53. The number of aromatic nitrogens is 5. The van der Waals surface area contributed by atoms with E-state index in [0.717, 1.165) is 29.1 Å². The van der Waals surface area contributed by atoms with Crippen molar-refractivity contribution in [2.75, 3.05) is 11.9 Å². The Morgan fingerprint density at radius 1 is 1.03 bits per heavy atom. The number of aromatic amines is 1. The van der Waals surface area contributed by atoms with E-state index < -0.39 is 0 Å². The Balaban J connectivity index is 1.31. The molecule has 0 unspecified atom stereocenters. The molecule has 5 rings (SSSR count). The molecular formula is C21H18N6OS. The Morgan fingerprint density at radius 2 is 1.86 bits per heavy atom. The number of benzene rings is 2. The van der Waals surface area contributed by atoms with E-state index in [1.807, 2.05) is 48.5 Å². The highest BCUT2D eigenvalue weighted by molar-refractivity contribution is 7.18. The quantitative estimate of drug-likeness (QED) is 0.422. The third-order valence-corrected chi connectivity index (χ3v) is 5.73. The molecule has 0 radical (unpaired) electrons. The van der Waals surface area contributed by atoms with Gasteiger partial charge in [-0.3, -0.25) is 9.78 Å². The zero-order chi connectivity index (χ0) is 19.6. The van der Waals surface area contributed by atoms with Gasteiger partial charge in [0.1, 0.15) is 5.39 Å². The number of aryl methyl sites for hydroxylation is 1. The van der Waals surface area contributed by atoms with E-state index in [9.17, 15) is 4.79 Å². The number of para-hydroxylation sites is 2. The molecule has 29 heavy (non-hydrogen) atoms. The number of hydrogen-bond acceptors (Lipinski definition) is 6. The fourth-order valence-electron chi connectivity index (χ4n) is 3.23. The zero-order valence-electron chi connectivity index (χ0n) is 15.5. The van der Waals surface area contributed by atoms with Gasteiger partial charge in [0.15, 0.2) is 5.65 Å². The summed E-state index contributed by atoms with van der Waals surface area (Å²) in [6.45, 7) is 0.684. The summed E-state index contributed by atoms with van der Waals surface area (Å²) in [5, 5.41) is 9.13. The lowest BCUT2D eigenvalue weighted by atomic mass is 10.3. The van der Waals surface area contributed by atoms with Gasteiger partial charge in [0.25, 0.3) is 5.56 Å². The van der Waals surface area contributed by atoms with Crippen LogP contribution in [0.4, 0.5) is 5.95 Å². The highest BCUT2D eigenvalue weighted by atomic mass is 32.1. The monoisotopic (exact) mass is 402 g/mol. The number of anilines is 1. The lowest BCUT2D eigenvalue weighted by Crippen LogP contribution is -2.14. The fraction of sp³-hybridized carbons (Fsp3) is 0.143. The molecule has 0 saturated heterocycles. The first-order chi connectivity index (χ1) is 14.3. The number of nitrogens with one attached hydrogen (secondary N) is 2. The van der Waals surface area contributed by atoms with Crippen LogP contribution < -0.4 is 10.9 Å². The molecule has 2 N–H and O–H groups in total. The van der Waals surface area contributed by atoms with Gasteiger partial charge in [0.2, 0.25) is 5.95 Å². The average molecular weight is 402 g/mol. The molecule has 0 aliphatic heterocycles. The maximum Gasteiger partial charge on any atom is 0.263 e. The number of hydrogen-bond donors (Lipinski definition) is 2. The van der Waals surface area contributed by atoms with E-state index in [2.05, 4.69) is 31.4 Å². The summed E-state index contributed by atoms with van der Waals surface area (Å²) in [6.07, 6.45) is 3.31. The molecule has 5 aromatic rings. The topological polar surface area (TPSA) is 88.5 Å². The van der Waals surface area contributed by atoms with E-state index in [1.165, 1.54) is 4.70 Å². The van der Waals surface area contributed by atoms with Crippen LogP contribution in [0.5, 0.6) is 0 Å². The van der Waals surface area contributed by atoms with Gasteiger partial charge in [-0.05, 0) is 30.7 Å². The van der Waals surface area contributed by atoms with Crippen LogP contribution in [0.3, 0.4) is 0 Å². The minimum atomic E-state index is -0.203. The Hall–Kier alpha value is -3.52. The van der Waals surface area contributed by atoms with Gasteiger partial charge in [0.05, 0.1) is 27.1 Å². The van der Waals surface area contributed by atoms with Crippen molar-refractivity contribution in [3.05, 3.63) is 76.2 Å². The van der Waals surface area contributed by atoms with Gasteiger partial charge < -0.3 is 5.32 Å². The second-order valence-corrected chi connectivity index (χ2v) is 7.76. The second kappa shape index (κ2) is 7.48. The van der Waals surface area contributed by atoms with Gasteiger partial charge in [0, 0.05) is 13.0 Å². The highest BCUT2D eigenvalue weighted by Crippen LogP contribution is 2.22. The van der Waals surface area contributed by atoms with Crippen molar-refractivity contribution in [3.8, 4) is 5.69 Å². The SMILES string of the molecule is O=c1[nH]c(NCCCc2nc3ccccc3s2)nc2c1cnn2-c1ccccc1. The lowest BCUT2D eigenvalue weighted by molar-refractivity contribution is 0.845. The fourth-order valence-corrected chi connectivity index (χ4v) is 4.24. The lowest BCUT2D eigenvalue weighted by Gasteiger charge is -2.06. The van der Waals surface area contributed by atoms with Crippen LogP contribution in [-0.4, -0.2) is 31.3 Å². The smallest absolute Gasteiger partial charge is 0.263 e. The van der Waals surface area contributed by atoms with Crippen molar-refractivity contribution in [2.24, 2.45) is 0 Å². The van der Waals surface area contributed by atoms with E-state index in [1.54, 1.807) is 22.2 Å². The summed E-state index contributed by atoms with van der Waals surface area (Å²) in [4.78, 5) is 24.4.